The van der Waals surface area contributed by atoms with Gasteiger partial charge in [0.05, 0.1) is 11.9 Å². The highest BCUT2D eigenvalue weighted by molar-refractivity contribution is 5.97. The molecule has 26 heavy (non-hydrogen) atoms. The lowest BCUT2D eigenvalue weighted by Gasteiger charge is -2.34. The molecule has 0 atom stereocenters. The van der Waals surface area contributed by atoms with Gasteiger partial charge < -0.3 is 19.8 Å². The predicted octanol–water partition coefficient (Wildman–Crippen LogP) is 1.69. The Kier molecular flexibility index (Phi) is 6.80. The number of carbonyl (C=O) groups is 2. The van der Waals surface area contributed by atoms with Gasteiger partial charge in [-0.1, -0.05) is 13.8 Å². The second-order valence-electron chi connectivity index (χ2n) is 5.47. The highest BCUT2D eigenvalue weighted by Gasteiger charge is 2.81. The van der Waals surface area contributed by atoms with E-state index in [0.29, 0.717) is 0 Å². The number of alkyl halides is 9. The lowest BCUT2D eigenvalue weighted by Crippen LogP contribution is -2.60. The van der Waals surface area contributed by atoms with Crippen molar-refractivity contribution in [1.82, 2.24) is 0 Å². The molecule has 13 heteroatoms. The van der Waals surface area contributed by atoms with Crippen molar-refractivity contribution < 1.29 is 59.3 Å². The van der Waals surface area contributed by atoms with E-state index in [0.717, 1.165) is 13.8 Å². The van der Waals surface area contributed by atoms with Gasteiger partial charge in [0.15, 0.2) is 0 Å². The molecule has 0 aromatic rings. The first-order valence-corrected chi connectivity index (χ1v) is 6.67. The summed E-state index contributed by atoms with van der Waals surface area (Å²) in [6, 6.07) is 0. The maximum atomic E-state index is 13.4. The molecule has 152 valence electrons. The van der Waals surface area contributed by atoms with Crippen LogP contribution in [0, 0.1) is 5.92 Å². The average Bonchev–Trinajstić information content (AvgIpc) is 2.39. The minimum absolute atomic E-state index is 1.05. The zero-order valence-corrected chi connectivity index (χ0v) is 13.0. The predicted molar refractivity (Wildman–Crippen MR) is 62.0 cm³/mol. The summed E-state index contributed by atoms with van der Waals surface area (Å²) in [4.78, 5) is 21.7. The number of aliphatic carboxylic acids is 2. The molecule has 0 amide bonds. The Hall–Kier alpha value is -1.95. The summed E-state index contributed by atoms with van der Waals surface area (Å²) >= 11 is 0. The van der Waals surface area contributed by atoms with Gasteiger partial charge in [-0.25, -0.2) is 0 Å². The molecule has 0 heterocycles. The van der Waals surface area contributed by atoms with Crippen LogP contribution in [0.2, 0.25) is 0 Å². The minimum Gasteiger partial charge on any atom is -0.545 e. The lowest BCUT2D eigenvalue weighted by molar-refractivity contribution is -0.396. The van der Waals surface area contributed by atoms with E-state index in [4.69, 9.17) is 0 Å². The van der Waals surface area contributed by atoms with Gasteiger partial charge in [-0.15, -0.1) is 0 Å². The van der Waals surface area contributed by atoms with Crippen molar-refractivity contribution in [2.45, 2.75) is 50.6 Å². The van der Waals surface area contributed by atoms with Crippen molar-refractivity contribution in [2.24, 2.45) is 5.92 Å². The Morgan fingerprint density at radius 1 is 0.808 bits per heavy atom. The fraction of sp³-hybridized carbons (Fsp3) is 0.692. The van der Waals surface area contributed by atoms with Gasteiger partial charge in [0.25, 0.3) is 0 Å². The summed E-state index contributed by atoms with van der Waals surface area (Å²) in [5, 5.41) is 21.7. The molecule has 0 rings (SSSR count). The summed E-state index contributed by atoms with van der Waals surface area (Å²) in [6.07, 6.45) is -11.3. The number of carbonyl (C=O) groups excluding carboxylic acids is 2. The average molecular weight is 402 g/mol. The van der Waals surface area contributed by atoms with Crippen LogP contribution in [0.1, 0.15) is 26.7 Å². The molecule has 0 aromatic carbocycles. The van der Waals surface area contributed by atoms with E-state index in [1.807, 2.05) is 0 Å². The molecule has 0 bridgehead atoms. The number of carboxylic acids is 2. The highest BCUT2D eigenvalue weighted by atomic mass is 19.4. The Balaban J connectivity index is 5.92. The second-order valence-corrected chi connectivity index (χ2v) is 5.47. The van der Waals surface area contributed by atoms with Gasteiger partial charge in [0.2, 0.25) is 0 Å². The molecule has 0 radical (unpaired) electrons. The Morgan fingerprint density at radius 2 is 1.23 bits per heavy atom. The highest BCUT2D eigenvalue weighted by Crippen LogP contribution is 2.54. The first-order chi connectivity index (χ1) is 11.3. The molecule has 0 aliphatic heterocycles. The Bertz CT molecular complexity index is 591. The van der Waals surface area contributed by atoms with E-state index in [2.05, 4.69) is 0 Å². The van der Waals surface area contributed by atoms with Crippen LogP contribution >= 0.6 is 0 Å². The van der Waals surface area contributed by atoms with Crippen LogP contribution in [-0.2, 0) is 9.59 Å². The molecule has 0 aliphatic rings. The van der Waals surface area contributed by atoms with Gasteiger partial charge in [-0.2, -0.15) is 39.5 Å². The third kappa shape index (κ3) is 4.41. The van der Waals surface area contributed by atoms with Crippen LogP contribution in [0.15, 0.2) is 11.1 Å². The van der Waals surface area contributed by atoms with Crippen LogP contribution in [0.25, 0.3) is 0 Å². The summed E-state index contributed by atoms with van der Waals surface area (Å²) in [5.74, 6) is -25.9. The van der Waals surface area contributed by atoms with E-state index < -0.39 is 65.8 Å². The molecular formula is C13H11F9O4-2. The fourth-order valence-electron chi connectivity index (χ4n) is 1.90. The van der Waals surface area contributed by atoms with E-state index in [1.54, 1.807) is 0 Å². The van der Waals surface area contributed by atoms with Crippen LogP contribution < -0.4 is 10.2 Å². The van der Waals surface area contributed by atoms with Crippen LogP contribution in [0.4, 0.5) is 39.5 Å². The summed E-state index contributed by atoms with van der Waals surface area (Å²) in [5.41, 5.74) is -2.63. The third-order valence-corrected chi connectivity index (χ3v) is 3.27. The lowest BCUT2D eigenvalue weighted by atomic mass is 9.91. The van der Waals surface area contributed by atoms with Gasteiger partial charge in [-0.3, -0.25) is 0 Å². The third-order valence-electron chi connectivity index (χ3n) is 3.27. The smallest absolute Gasteiger partial charge is 0.460 e. The first kappa shape index (κ1) is 24.1. The largest absolute Gasteiger partial charge is 0.545 e. The van der Waals surface area contributed by atoms with Gasteiger partial charge in [0, 0.05) is 6.42 Å². The van der Waals surface area contributed by atoms with E-state index in [1.165, 1.54) is 0 Å². The molecule has 0 N–H and O–H groups in total. The maximum absolute atomic E-state index is 13.4. The van der Waals surface area contributed by atoms with Gasteiger partial charge in [-0.05, 0) is 23.5 Å². The quantitative estimate of drug-likeness (QED) is 0.457. The van der Waals surface area contributed by atoms with Crippen LogP contribution in [-0.4, -0.2) is 35.9 Å². The fourth-order valence-corrected chi connectivity index (χ4v) is 1.90. The Labute approximate surface area is 140 Å². The molecule has 0 fully saturated rings. The molecule has 0 saturated heterocycles. The zero-order chi connectivity index (χ0) is 21.3. The standard InChI is InChI=1S/C13H13F9O4/c1-5(2)7(9(25)26)6(8(23)24)3-4-10(14,15)11(16,17)12(18,19)13(20,21)22/h5H,3-4H2,1-2H3,(H,23,24)(H,25,26)/p-2/b7-6+. The first-order valence-electron chi connectivity index (χ1n) is 6.67. The topological polar surface area (TPSA) is 80.3 Å². The molecule has 0 unspecified atom stereocenters. The normalized spacial score (nSPS) is 15.1. The monoisotopic (exact) mass is 402 g/mol. The SMILES string of the molecule is CC(C)/C(C(=O)[O-])=C(/CCC(F)(F)C(F)(F)C(F)(F)C(F)(F)F)C(=O)[O-]. The minimum atomic E-state index is -7.12. The Morgan fingerprint density at radius 3 is 1.50 bits per heavy atom. The molecule has 0 aliphatic carbocycles. The van der Waals surface area contributed by atoms with E-state index in [-0.39, 0.29) is 0 Å². The molecular weight excluding hydrogens is 391 g/mol. The van der Waals surface area contributed by atoms with Crippen LogP contribution in [0.5, 0.6) is 0 Å². The number of carboxylic acid groups (broad SMARTS) is 2. The van der Waals surface area contributed by atoms with Gasteiger partial charge in [0.1, 0.15) is 0 Å². The molecule has 0 spiro atoms. The van der Waals surface area contributed by atoms with Crippen LogP contribution in [0.3, 0.4) is 0 Å². The van der Waals surface area contributed by atoms with E-state index in [9.17, 15) is 59.3 Å². The molecule has 0 saturated carbocycles. The second kappa shape index (κ2) is 7.35. The summed E-state index contributed by atoms with van der Waals surface area (Å²) < 4.78 is 114. The zero-order valence-electron chi connectivity index (χ0n) is 13.0. The summed E-state index contributed by atoms with van der Waals surface area (Å²) in [7, 11) is 0. The van der Waals surface area contributed by atoms with Crippen molar-refractivity contribution in [2.75, 3.05) is 0 Å². The van der Waals surface area contributed by atoms with E-state index >= 15 is 0 Å². The van der Waals surface area contributed by atoms with Crippen molar-refractivity contribution >= 4 is 11.9 Å². The number of hydrogen-bond acceptors (Lipinski definition) is 4. The summed E-state index contributed by atoms with van der Waals surface area (Å²) in [6.45, 7) is 2.11. The maximum Gasteiger partial charge on any atom is 0.460 e. The number of rotatable bonds is 8. The van der Waals surface area contributed by atoms with Crippen molar-refractivity contribution in [3.8, 4) is 0 Å². The number of halogens is 9. The molecule has 4 nitrogen and oxygen atoms in total. The van der Waals surface area contributed by atoms with Crippen molar-refractivity contribution in [3.63, 3.8) is 0 Å². The van der Waals surface area contributed by atoms with Gasteiger partial charge >= 0.3 is 23.9 Å². The molecule has 0 aromatic heterocycles. The van der Waals surface area contributed by atoms with Crippen molar-refractivity contribution in [3.05, 3.63) is 11.1 Å². The number of hydrogen-bond donors (Lipinski definition) is 0. The van der Waals surface area contributed by atoms with Crippen molar-refractivity contribution in [1.29, 1.82) is 0 Å².